The molecule has 146 valence electrons. The number of aliphatic imine (C=N–C) groups is 1. The number of likely N-dealkylation sites (tertiary alicyclic amines) is 2. The number of ether oxygens (including phenoxy) is 1. The molecule has 2 fully saturated rings. The van der Waals surface area contributed by atoms with E-state index in [1.807, 2.05) is 0 Å². The molecule has 2 saturated heterocycles. The van der Waals surface area contributed by atoms with Crippen molar-refractivity contribution in [1.82, 2.24) is 20.4 Å². The molecule has 0 aliphatic carbocycles. The molecule has 1 unspecified atom stereocenters. The summed E-state index contributed by atoms with van der Waals surface area (Å²) in [5.74, 6) is 0.990. The van der Waals surface area contributed by atoms with Crippen molar-refractivity contribution < 1.29 is 4.74 Å². The first-order valence-corrected chi connectivity index (χ1v) is 10.2. The van der Waals surface area contributed by atoms with Gasteiger partial charge in [-0.3, -0.25) is 9.89 Å². The molecule has 0 aromatic rings. The largest absolute Gasteiger partial charge is 0.383 e. The summed E-state index contributed by atoms with van der Waals surface area (Å²) in [4.78, 5) is 9.99. The van der Waals surface area contributed by atoms with E-state index >= 15 is 0 Å². The highest BCUT2D eigenvalue weighted by Gasteiger charge is 2.24. The van der Waals surface area contributed by atoms with E-state index in [4.69, 9.17) is 9.73 Å². The van der Waals surface area contributed by atoms with E-state index in [1.54, 1.807) is 7.11 Å². The normalized spacial score (nSPS) is 24.2. The highest BCUT2D eigenvalue weighted by molar-refractivity contribution is 5.80. The fourth-order valence-electron chi connectivity index (χ4n) is 3.88. The maximum atomic E-state index is 5.24. The van der Waals surface area contributed by atoms with E-state index in [0.29, 0.717) is 18.1 Å². The Kier molecular flexibility index (Phi) is 8.99. The summed E-state index contributed by atoms with van der Waals surface area (Å²) in [6.45, 7) is 13.9. The zero-order chi connectivity index (χ0) is 18.1. The van der Waals surface area contributed by atoms with Crippen LogP contribution in [0, 0.1) is 0 Å². The van der Waals surface area contributed by atoms with Crippen LogP contribution in [0.1, 0.15) is 46.5 Å². The average Bonchev–Trinajstić information content (AvgIpc) is 3.06. The minimum Gasteiger partial charge on any atom is -0.383 e. The van der Waals surface area contributed by atoms with E-state index in [0.717, 1.165) is 32.2 Å². The molecule has 0 radical (unpaired) electrons. The molecule has 2 aliphatic rings. The van der Waals surface area contributed by atoms with Crippen LogP contribution in [-0.4, -0.2) is 86.9 Å². The molecule has 2 N–H and O–H groups in total. The van der Waals surface area contributed by atoms with Crippen LogP contribution in [-0.2, 0) is 4.74 Å². The van der Waals surface area contributed by atoms with E-state index < -0.39 is 0 Å². The standard InChI is InChI=1S/C19H39N5O/c1-5-20-19(22-17-8-11-23(12-9-17)16(2)3)21-15-18-7-6-10-24(18)13-14-25-4/h16-18H,5-15H2,1-4H3,(H2,20,21,22). The van der Waals surface area contributed by atoms with Gasteiger partial charge in [0.05, 0.1) is 13.2 Å². The van der Waals surface area contributed by atoms with Crippen molar-refractivity contribution >= 4 is 5.96 Å². The lowest BCUT2D eigenvalue weighted by atomic mass is 10.0. The van der Waals surface area contributed by atoms with Crippen molar-refractivity contribution in [3.05, 3.63) is 0 Å². The van der Waals surface area contributed by atoms with Gasteiger partial charge in [-0.25, -0.2) is 0 Å². The first kappa shape index (κ1) is 20.5. The monoisotopic (exact) mass is 353 g/mol. The second-order valence-electron chi connectivity index (χ2n) is 7.59. The Labute approximate surface area is 154 Å². The number of rotatable bonds is 8. The number of nitrogens with one attached hydrogen (secondary N) is 2. The van der Waals surface area contributed by atoms with Gasteiger partial charge in [0.2, 0.25) is 0 Å². The lowest BCUT2D eigenvalue weighted by Crippen LogP contribution is -2.50. The smallest absolute Gasteiger partial charge is 0.191 e. The number of hydrogen-bond acceptors (Lipinski definition) is 4. The molecule has 0 aromatic carbocycles. The summed E-state index contributed by atoms with van der Waals surface area (Å²) >= 11 is 0. The number of nitrogens with zero attached hydrogens (tertiary/aromatic N) is 3. The maximum absolute atomic E-state index is 5.24. The zero-order valence-corrected chi connectivity index (χ0v) is 16.8. The highest BCUT2D eigenvalue weighted by Crippen LogP contribution is 2.17. The van der Waals surface area contributed by atoms with Crippen LogP contribution in [0.5, 0.6) is 0 Å². The molecule has 2 aliphatic heterocycles. The summed E-state index contributed by atoms with van der Waals surface area (Å²) in [6, 6.07) is 1.76. The molecular formula is C19H39N5O. The van der Waals surface area contributed by atoms with E-state index in [1.165, 1.54) is 45.3 Å². The number of guanidine groups is 1. The summed E-state index contributed by atoms with van der Waals surface area (Å²) in [5.41, 5.74) is 0. The van der Waals surface area contributed by atoms with Gasteiger partial charge in [-0.15, -0.1) is 0 Å². The molecule has 0 aromatic heterocycles. The molecule has 0 bridgehead atoms. The zero-order valence-electron chi connectivity index (χ0n) is 16.8. The summed E-state index contributed by atoms with van der Waals surface area (Å²) < 4.78 is 5.24. The molecular weight excluding hydrogens is 314 g/mol. The Morgan fingerprint density at radius 3 is 2.60 bits per heavy atom. The second-order valence-corrected chi connectivity index (χ2v) is 7.59. The lowest BCUT2D eigenvalue weighted by Gasteiger charge is -2.35. The Hall–Kier alpha value is -0.850. The van der Waals surface area contributed by atoms with Crippen molar-refractivity contribution in [2.45, 2.75) is 64.6 Å². The third kappa shape index (κ3) is 6.76. The minimum absolute atomic E-state index is 0.543. The fraction of sp³-hybridized carbons (Fsp3) is 0.947. The third-order valence-corrected chi connectivity index (χ3v) is 5.49. The van der Waals surface area contributed by atoms with E-state index in [9.17, 15) is 0 Å². The van der Waals surface area contributed by atoms with Crippen LogP contribution >= 0.6 is 0 Å². The summed E-state index contributed by atoms with van der Waals surface area (Å²) in [6.07, 6.45) is 4.93. The van der Waals surface area contributed by atoms with Crippen LogP contribution in [0.4, 0.5) is 0 Å². The van der Waals surface area contributed by atoms with Gasteiger partial charge < -0.3 is 20.3 Å². The minimum atomic E-state index is 0.543. The summed E-state index contributed by atoms with van der Waals surface area (Å²) in [7, 11) is 1.78. The Balaban J connectivity index is 1.82. The third-order valence-electron chi connectivity index (χ3n) is 5.49. The Morgan fingerprint density at radius 2 is 1.96 bits per heavy atom. The fourth-order valence-corrected chi connectivity index (χ4v) is 3.88. The van der Waals surface area contributed by atoms with Gasteiger partial charge in [-0.2, -0.15) is 0 Å². The van der Waals surface area contributed by atoms with Crippen molar-refractivity contribution in [2.75, 3.05) is 53.0 Å². The van der Waals surface area contributed by atoms with Gasteiger partial charge in [0.25, 0.3) is 0 Å². The summed E-state index contributed by atoms with van der Waals surface area (Å²) in [5, 5.41) is 7.10. The molecule has 25 heavy (non-hydrogen) atoms. The topological polar surface area (TPSA) is 52.1 Å². The predicted molar refractivity (Wildman–Crippen MR) is 105 cm³/mol. The highest BCUT2D eigenvalue weighted by atomic mass is 16.5. The van der Waals surface area contributed by atoms with Gasteiger partial charge in [0, 0.05) is 51.4 Å². The second kappa shape index (κ2) is 11.0. The van der Waals surface area contributed by atoms with Crippen LogP contribution in [0.3, 0.4) is 0 Å². The SMILES string of the molecule is CCNC(=NCC1CCCN1CCOC)NC1CCN(C(C)C)CC1. The lowest BCUT2D eigenvalue weighted by molar-refractivity contribution is 0.142. The van der Waals surface area contributed by atoms with E-state index in [2.05, 4.69) is 41.2 Å². The molecule has 0 spiro atoms. The quantitative estimate of drug-likeness (QED) is 0.512. The Bertz CT molecular complexity index is 393. The van der Waals surface area contributed by atoms with Gasteiger partial charge >= 0.3 is 0 Å². The molecule has 2 rings (SSSR count). The average molecular weight is 354 g/mol. The van der Waals surface area contributed by atoms with Crippen LogP contribution < -0.4 is 10.6 Å². The Morgan fingerprint density at radius 1 is 1.20 bits per heavy atom. The molecule has 0 amide bonds. The van der Waals surface area contributed by atoms with Crippen molar-refractivity contribution in [1.29, 1.82) is 0 Å². The van der Waals surface area contributed by atoms with Gasteiger partial charge in [-0.1, -0.05) is 0 Å². The van der Waals surface area contributed by atoms with Gasteiger partial charge in [0.15, 0.2) is 5.96 Å². The molecule has 1 atom stereocenters. The number of piperidine rings is 1. The van der Waals surface area contributed by atoms with Crippen molar-refractivity contribution in [2.24, 2.45) is 4.99 Å². The molecule has 6 nitrogen and oxygen atoms in total. The maximum Gasteiger partial charge on any atom is 0.191 e. The van der Waals surface area contributed by atoms with Gasteiger partial charge in [-0.05, 0) is 53.0 Å². The molecule has 0 saturated carbocycles. The van der Waals surface area contributed by atoms with E-state index in [-0.39, 0.29) is 0 Å². The van der Waals surface area contributed by atoms with Crippen molar-refractivity contribution in [3.63, 3.8) is 0 Å². The van der Waals surface area contributed by atoms with Crippen LogP contribution in [0.2, 0.25) is 0 Å². The van der Waals surface area contributed by atoms with Crippen LogP contribution in [0.25, 0.3) is 0 Å². The first-order valence-electron chi connectivity index (χ1n) is 10.2. The van der Waals surface area contributed by atoms with Gasteiger partial charge in [0.1, 0.15) is 0 Å². The number of hydrogen-bond donors (Lipinski definition) is 2. The van der Waals surface area contributed by atoms with Crippen molar-refractivity contribution in [3.8, 4) is 0 Å². The predicted octanol–water partition coefficient (Wildman–Crippen LogP) is 1.53. The van der Waals surface area contributed by atoms with Crippen LogP contribution in [0.15, 0.2) is 4.99 Å². The first-order chi connectivity index (χ1) is 12.1. The number of methoxy groups -OCH3 is 1. The molecule has 6 heteroatoms. The molecule has 2 heterocycles.